The van der Waals surface area contributed by atoms with Crippen molar-refractivity contribution in [1.29, 1.82) is 0 Å². The lowest BCUT2D eigenvalue weighted by molar-refractivity contribution is -0.264. The molecule has 0 amide bonds. The lowest BCUT2D eigenvalue weighted by Gasteiger charge is -2.12. The fourth-order valence-corrected chi connectivity index (χ4v) is 0.453. The van der Waals surface area contributed by atoms with Crippen molar-refractivity contribution >= 4 is 17.9 Å². The second kappa shape index (κ2) is 26.5. The van der Waals surface area contributed by atoms with Crippen molar-refractivity contribution in [3.05, 3.63) is 38.0 Å². The van der Waals surface area contributed by atoms with Gasteiger partial charge in [0.1, 0.15) is 0 Å². The molecular formula is C21H38O9. The molecule has 0 aromatic carbocycles. The van der Waals surface area contributed by atoms with E-state index in [-0.39, 0.29) is 0 Å². The van der Waals surface area contributed by atoms with Gasteiger partial charge >= 0.3 is 17.9 Å². The Morgan fingerprint density at radius 2 is 0.833 bits per heavy atom. The molecule has 0 aliphatic rings. The van der Waals surface area contributed by atoms with E-state index in [2.05, 4.69) is 76.8 Å². The highest BCUT2D eigenvalue weighted by Gasteiger charge is 2.03. The summed E-state index contributed by atoms with van der Waals surface area (Å²) >= 11 is 0. The molecule has 0 heterocycles. The van der Waals surface area contributed by atoms with Crippen LogP contribution in [-0.4, -0.2) is 37.7 Å². The van der Waals surface area contributed by atoms with Crippen LogP contribution < -0.4 is 0 Å². The standard InChI is InChI=1S/C6H14.3C5H8O3/c1-5-6(2,3)4;3*1-3-5(6)8-7-4-2/h5H2,1-4H3;3*3H,1,4H2,2H3. The second-order valence-corrected chi connectivity index (χ2v) is 5.95. The van der Waals surface area contributed by atoms with Crippen LogP contribution in [0.3, 0.4) is 0 Å². The van der Waals surface area contributed by atoms with Gasteiger partial charge in [0.25, 0.3) is 0 Å². The summed E-state index contributed by atoms with van der Waals surface area (Å²) in [5.41, 5.74) is 0.542. The minimum atomic E-state index is -0.563. The highest BCUT2D eigenvalue weighted by Crippen LogP contribution is 2.16. The van der Waals surface area contributed by atoms with Gasteiger partial charge in [-0.25, -0.2) is 14.4 Å². The summed E-state index contributed by atoms with van der Waals surface area (Å²) in [5, 5.41) is 0. The van der Waals surface area contributed by atoms with Crippen LogP contribution in [0.4, 0.5) is 0 Å². The van der Waals surface area contributed by atoms with E-state index in [1.165, 1.54) is 6.42 Å². The molecule has 0 bridgehead atoms. The lowest BCUT2D eigenvalue weighted by Crippen LogP contribution is -2.00. The second-order valence-electron chi connectivity index (χ2n) is 5.95. The Morgan fingerprint density at radius 1 is 0.633 bits per heavy atom. The molecule has 0 rings (SSSR count). The Labute approximate surface area is 180 Å². The Kier molecular flexibility index (Phi) is 30.9. The summed E-state index contributed by atoms with van der Waals surface area (Å²) in [4.78, 5) is 55.4. The molecule has 0 atom stereocenters. The number of carbonyl (C=O) groups is 3. The molecule has 176 valence electrons. The fraction of sp³-hybridized carbons (Fsp3) is 0.571. The normalized spacial score (nSPS) is 8.90. The number of hydrogen-bond acceptors (Lipinski definition) is 9. The zero-order valence-electron chi connectivity index (χ0n) is 19.4. The summed E-state index contributed by atoms with van der Waals surface area (Å²) in [7, 11) is 0. The van der Waals surface area contributed by atoms with Gasteiger partial charge in [-0.1, -0.05) is 53.9 Å². The molecule has 0 radical (unpaired) electrons. The third kappa shape index (κ3) is 44.7. The van der Waals surface area contributed by atoms with E-state index in [1.54, 1.807) is 20.8 Å². The first kappa shape index (κ1) is 35.0. The van der Waals surface area contributed by atoms with Crippen LogP contribution in [0.25, 0.3) is 0 Å². The number of rotatable bonds is 9. The quantitative estimate of drug-likeness (QED) is 0.295. The predicted molar refractivity (Wildman–Crippen MR) is 113 cm³/mol. The van der Waals surface area contributed by atoms with E-state index in [4.69, 9.17) is 0 Å². The first-order valence-corrected chi connectivity index (χ1v) is 9.36. The highest BCUT2D eigenvalue weighted by molar-refractivity contribution is 5.81. The van der Waals surface area contributed by atoms with E-state index in [0.29, 0.717) is 25.2 Å². The van der Waals surface area contributed by atoms with Gasteiger partial charge in [0.15, 0.2) is 0 Å². The van der Waals surface area contributed by atoms with Gasteiger partial charge in [-0.3, -0.25) is 14.7 Å². The van der Waals surface area contributed by atoms with E-state index in [1.807, 2.05) is 0 Å². The Hall–Kier alpha value is -2.49. The average molecular weight is 435 g/mol. The van der Waals surface area contributed by atoms with Crippen LogP contribution in [0.1, 0.15) is 54.9 Å². The van der Waals surface area contributed by atoms with Crippen molar-refractivity contribution in [1.82, 2.24) is 0 Å². The summed E-state index contributed by atoms with van der Waals surface area (Å²) in [6, 6.07) is 0. The van der Waals surface area contributed by atoms with Crippen molar-refractivity contribution in [2.75, 3.05) is 19.8 Å². The van der Waals surface area contributed by atoms with E-state index in [9.17, 15) is 14.4 Å². The Morgan fingerprint density at radius 3 is 0.933 bits per heavy atom. The molecule has 9 heteroatoms. The number of carbonyl (C=O) groups excluding carboxylic acids is 3. The van der Waals surface area contributed by atoms with Crippen molar-refractivity contribution in [3.8, 4) is 0 Å². The zero-order valence-corrected chi connectivity index (χ0v) is 19.4. The third-order valence-corrected chi connectivity index (χ3v) is 2.34. The van der Waals surface area contributed by atoms with Gasteiger partial charge in [0, 0.05) is 18.2 Å². The Balaban J connectivity index is -0.000000151. The van der Waals surface area contributed by atoms with Crippen molar-refractivity contribution in [3.63, 3.8) is 0 Å². The fourth-order valence-electron chi connectivity index (χ4n) is 0.453. The molecule has 30 heavy (non-hydrogen) atoms. The van der Waals surface area contributed by atoms with Crippen molar-refractivity contribution in [2.45, 2.75) is 54.9 Å². The summed E-state index contributed by atoms with van der Waals surface area (Å²) in [5.74, 6) is -1.69. The maximum Gasteiger partial charge on any atom is 0.365 e. The molecule has 0 aromatic heterocycles. The van der Waals surface area contributed by atoms with E-state index < -0.39 is 17.9 Å². The van der Waals surface area contributed by atoms with Gasteiger partial charge in [-0.2, -0.15) is 14.7 Å². The van der Waals surface area contributed by atoms with Gasteiger partial charge in [0.05, 0.1) is 19.8 Å². The van der Waals surface area contributed by atoms with Gasteiger partial charge in [0.2, 0.25) is 0 Å². The molecule has 0 spiro atoms. The minimum Gasteiger partial charge on any atom is -0.294 e. The monoisotopic (exact) mass is 434 g/mol. The topological polar surface area (TPSA) is 107 Å². The van der Waals surface area contributed by atoms with Crippen LogP contribution in [0.2, 0.25) is 0 Å². The highest BCUT2D eigenvalue weighted by atomic mass is 17.2. The van der Waals surface area contributed by atoms with Crippen LogP contribution in [0.15, 0.2) is 38.0 Å². The maximum atomic E-state index is 10.1. The molecule has 0 saturated carbocycles. The molecule has 0 saturated heterocycles. The number of hydrogen-bond donors (Lipinski definition) is 0. The van der Waals surface area contributed by atoms with Crippen molar-refractivity contribution in [2.24, 2.45) is 5.41 Å². The van der Waals surface area contributed by atoms with E-state index >= 15 is 0 Å². The van der Waals surface area contributed by atoms with Crippen LogP contribution >= 0.6 is 0 Å². The third-order valence-electron chi connectivity index (χ3n) is 2.34. The van der Waals surface area contributed by atoms with E-state index in [0.717, 1.165) is 18.2 Å². The van der Waals surface area contributed by atoms with Gasteiger partial charge in [-0.05, 0) is 26.2 Å². The maximum absolute atomic E-state index is 10.1. The molecule has 0 aliphatic heterocycles. The Bertz CT molecular complexity index is 409. The first-order chi connectivity index (χ1) is 14.0. The molecule has 0 fully saturated rings. The largest absolute Gasteiger partial charge is 0.365 e. The molecular weight excluding hydrogens is 396 g/mol. The van der Waals surface area contributed by atoms with Gasteiger partial charge < -0.3 is 0 Å². The molecule has 0 aromatic rings. The van der Waals surface area contributed by atoms with Crippen LogP contribution in [-0.2, 0) is 43.7 Å². The predicted octanol–water partition coefficient (Wildman–Crippen LogP) is 4.44. The average Bonchev–Trinajstić information content (AvgIpc) is 2.74. The molecule has 0 N–H and O–H groups in total. The molecule has 0 aliphatic carbocycles. The summed E-state index contributed by atoms with van der Waals surface area (Å²) in [6.07, 6.45) is 4.38. The minimum absolute atomic E-state index is 0.361. The molecule has 0 unspecified atom stereocenters. The van der Waals surface area contributed by atoms with Crippen LogP contribution in [0, 0.1) is 5.41 Å². The summed E-state index contributed by atoms with van der Waals surface area (Å²) in [6.45, 7) is 24.7. The van der Waals surface area contributed by atoms with Crippen molar-refractivity contribution < 1.29 is 43.7 Å². The first-order valence-electron chi connectivity index (χ1n) is 9.36. The lowest BCUT2D eigenvalue weighted by atomic mass is 9.94. The summed E-state index contributed by atoms with van der Waals surface area (Å²) < 4.78 is 0. The van der Waals surface area contributed by atoms with Gasteiger partial charge in [-0.15, -0.1) is 0 Å². The van der Waals surface area contributed by atoms with Crippen LogP contribution in [0.5, 0.6) is 0 Å². The molecule has 9 nitrogen and oxygen atoms in total. The zero-order chi connectivity index (χ0) is 24.4. The smallest absolute Gasteiger partial charge is 0.294 e. The SMILES string of the molecule is C=CC(=O)OOCC.C=CC(=O)OOCC.C=CC(=O)OOCC.CCC(C)(C)C.